The maximum absolute atomic E-state index is 14.4. The number of alkyl carbamates (subject to hydrolysis) is 1. The third-order valence-electron chi connectivity index (χ3n) is 11.1. The zero-order valence-electron chi connectivity index (χ0n) is 34.1. The number of nitrogens with one attached hydrogen (secondary N) is 2. The second kappa shape index (κ2) is 19.1. The Morgan fingerprint density at radius 3 is 1.81 bits per heavy atom. The first-order chi connectivity index (χ1) is 30.7. The molecule has 3 amide bonds. The molecule has 8 rings (SSSR count). The van der Waals surface area contributed by atoms with Crippen LogP contribution in [0.25, 0.3) is 22.1 Å². The summed E-state index contributed by atoms with van der Waals surface area (Å²) in [5.74, 6) is -1.97. The van der Waals surface area contributed by atoms with Crippen molar-refractivity contribution in [3.63, 3.8) is 0 Å². The summed E-state index contributed by atoms with van der Waals surface area (Å²) >= 11 is 1.66. The van der Waals surface area contributed by atoms with E-state index in [1.165, 1.54) is 11.0 Å². The van der Waals surface area contributed by atoms with Crippen LogP contribution in [0.3, 0.4) is 0 Å². The second-order valence-corrected chi connectivity index (χ2v) is 16.3. The number of thioether (sulfide) groups is 1. The minimum atomic E-state index is -1.20. The van der Waals surface area contributed by atoms with Gasteiger partial charge in [0.2, 0.25) is 11.8 Å². The summed E-state index contributed by atoms with van der Waals surface area (Å²) in [5, 5.41) is 14.4. The van der Waals surface area contributed by atoms with Crippen LogP contribution >= 0.6 is 11.8 Å². The van der Waals surface area contributed by atoms with Crippen LogP contribution < -0.4 is 21.2 Å². The maximum Gasteiger partial charge on any atom is 0.407 e. The number of ether oxygens (including phenoxy) is 1. The van der Waals surface area contributed by atoms with Crippen LogP contribution in [0.2, 0.25) is 0 Å². The Morgan fingerprint density at radius 1 is 0.683 bits per heavy atom. The minimum Gasteiger partial charge on any atom is -0.480 e. The van der Waals surface area contributed by atoms with Crippen LogP contribution in [0.15, 0.2) is 173 Å². The Morgan fingerprint density at radius 2 is 1.24 bits per heavy atom. The summed E-state index contributed by atoms with van der Waals surface area (Å²) in [4.78, 5) is 65.6. The molecular weight excluding hydrogens is 815 g/mol. The van der Waals surface area contributed by atoms with E-state index >= 15 is 0 Å². The molecule has 316 valence electrons. The van der Waals surface area contributed by atoms with Crippen LogP contribution in [-0.4, -0.2) is 61.0 Å². The van der Waals surface area contributed by atoms with Crippen LogP contribution in [0, 0.1) is 0 Å². The molecule has 0 aliphatic heterocycles. The quantitative estimate of drug-likeness (QED) is 0.0646. The average Bonchev–Trinajstić information content (AvgIpc) is 3.63. The lowest BCUT2D eigenvalue weighted by atomic mass is 9.84. The van der Waals surface area contributed by atoms with E-state index in [0.29, 0.717) is 22.4 Å². The highest BCUT2D eigenvalue weighted by Crippen LogP contribution is 2.49. The van der Waals surface area contributed by atoms with Gasteiger partial charge in [-0.15, -0.1) is 11.8 Å². The molecular formula is C51H43N3O8S. The van der Waals surface area contributed by atoms with E-state index in [-0.39, 0.29) is 31.1 Å². The highest BCUT2D eigenvalue weighted by molar-refractivity contribution is 8.00. The lowest BCUT2D eigenvalue weighted by molar-refractivity contribution is -0.137. The van der Waals surface area contributed by atoms with E-state index in [4.69, 9.17) is 14.3 Å². The van der Waals surface area contributed by atoms with Gasteiger partial charge in [-0.3, -0.25) is 14.4 Å². The van der Waals surface area contributed by atoms with Gasteiger partial charge >= 0.3 is 17.7 Å². The number of fused-ring (bicyclic) bond motifs is 4. The van der Waals surface area contributed by atoms with Crippen LogP contribution in [0.5, 0.6) is 0 Å². The molecule has 1 heterocycles. The first kappa shape index (κ1) is 42.3. The number of hydrogen-bond donors (Lipinski definition) is 3. The molecule has 0 saturated heterocycles. The van der Waals surface area contributed by atoms with Crippen LogP contribution in [-0.2, 0) is 30.3 Å². The van der Waals surface area contributed by atoms with E-state index in [2.05, 4.69) is 59.2 Å². The number of carboxylic acids is 1. The van der Waals surface area contributed by atoms with Gasteiger partial charge in [0, 0.05) is 41.4 Å². The third kappa shape index (κ3) is 9.26. The number of carboxylic acid groups (broad SMARTS) is 1. The van der Waals surface area contributed by atoms with Gasteiger partial charge in [0.15, 0.2) is 0 Å². The van der Waals surface area contributed by atoms with Crippen LogP contribution in [0.1, 0.15) is 39.3 Å². The number of anilines is 1. The molecule has 11 nitrogen and oxygen atoms in total. The molecule has 3 N–H and O–H groups in total. The fourth-order valence-electron chi connectivity index (χ4n) is 8.29. The standard InChI is InChI=1S/C51H43N3O8S/c55-46(52-32-48(57)58)28-34-29-49(59)62-45-30-38(24-25-39(34)45)54(47(56)31-53-50(60)61-33-44-42-22-12-10-20-40(42)41-21-11-13-23-43(41)44)26-27-63-51(35-14-4-1-5-15-35,36-16-6-2-7-17-36)37-18-8-3-9-19-37/h1-25,29-30,44H,26-28,31-33H2,(H,52,55)(H,53,60)(H,57,58). The Labute approximate surface area is 367 Å². The number of rotatable bonds is 16. The Balaban J connectivity index is 1.07. The summed E-state index contributed by atoms with van der Waals surface area (Å²) in [6.45, 7) is -0.706. The van der Waals surface area contributed by atoms with Crippen molar-refractivity contribution in [2.45, 2.75) is 17.1 Å². The predicted octanol–water partition coefficient (Wildman–Crippen LogP) is 8.13. The number of carbonyl (C=O) groups is 4. The van der Waals surface area contributed by atoms with Gasteiger partial charge in [-0.2, -0.15) is 0 Å². The summed E-state index contributed by atoms with van der Waals surface area (Å²) in [5.41, 5.74) is 7.61. The zero-order chi connectivity index (χ0) is 43.8. The summed E-state index contributed by atoms with van der Waals surface area (Å²) in [6.07, 6.45) is -1.01. The fraction of sp³-hybridized carbons (Fsp3) is 0.157. The van der Waals surface area contributed by atoms with E-state index in [1.807, 2.05) is 91.0 Å². The van der Waals surface area contributed by atoms with Crippen molar-refractivity contribution in [1.82, 2.24) is 10.6 Å². The number of hydrogen-bond acceptors (Lipinski definition) is 8. The zero-order valence-corrected chi connectivity index (χ0v) is 34.9. The number of carbonyl (C=O) groups excluding carboxylic acids is 3. The first-order valence-corrected chi connectivity index (χ1v) is 21.4. The average molecular weight is 858 g/mol. The molecule has 0 unspecified atom stereocenters. The van der Waals surface area contributed by atoms with Gasteiger partial charge in [0.1, 0.15) is 25.3 Å². The monoisotopic (exact) mass is 857 g/mol. The van der Waals surface area contributed by atoms with Crippen molar-refractivity contribution < 1.29 is 33.4 Å². The van der Waals surface area contributed by atoms with Gasteiger partial charge in [-0.1, -0.05) is 140 Å². The van der Waals surface area contributed by atoms with Gasteiger partial charge < -0.3 is 29.8 Å². The van der Waals surface area contributed by atoms with E-state index < -0.39 is 47.3 Å². The topological polar surface area (TPSA) is 155 Å². The second-order valence-electron chi connectivity index (χ2n) is 15.0. The Kier molecular flexibility index (Phi) is 12.8. The molecule has 12 heteroatoms. The first-order valence-electron chi connectivity index (χ1n) is 20.5. The molecule has 0 fully saturated rings. The Hall–Kier alpha value is -7.44. The molecule has 0 bridgehead atoms. The van der Waals surface area contributed by atoms with Crippen molar-refractivity contribution >= 4 is 52.3 Å². The molecule has 7 aromatic rings. The number of benzene rings is 6. The van der Waals surface area contributed by atoms with Crippen molar-refractivity contribution in [3.05, 3.63) is 208 Å². The summed E-state index contributed by atoms with van der Waals surface area (Å²) < 4.78 is 10.7. The van der Waals surface area contributed by atoms with Gasteiger partial charge in [-0.25, -0.2) is 9.59 Å². The number of aliphatic carboxylic acids is 1. The molecule has 1 aliphatic carbocycles. The molecule has 1 aliphatic rings. The maximum atomic E-state index is 14.4. The fourth-order valence-corrected chi connectivity index (χ4v) is 9.78. The highest BCUT2D eigenvalue weighted by Gasteiger charge is 2.37. The summed E-state index contributed by atoms with van der Waals surface area (Å²) in [7, 11) is 0. The Bertz CT molecular complexity index is 2690. The van der Waals surface area contributed by atoms with Crippen molar-refractivity contribution in [2.24, 2.45) is 0 Å². The van der Waals surface area contributed by atoms with Gasteiger partial charge in [0.05, 0.1) is 11.2 Å². The lowest BCUT2D eigenvalue weighted by Crippen LogP contribution is -2.42. The highest BCUT2D eigenvalue weighted by atomic mass is 32.2. The third-order valence-corrected chi connectivity index (χ3v) is 12.6. The molecule has 63 heavy (non-hydrogen) atoms. The van der Waals surface area contributed by atoms with E-state index in [1.54, 1.807) is 30.0 Å². The smallest absolute Gasteiger partial charge is 0.407 e. The van der Waals surface area contributed by atoms with Crippen LogP contribution in [0.4, 0.5) is 10.5 Å². The van der Waals surface area contributed by atoms with Crippen molar-refractivity contribution in [3.8, 4) is 11.1 Å². The normalized spacial score (nSPS) is 11.9. The molecule has 0 saturated carbocycles. The van der Waals surface area contributed by atoms with E-state index in [0.717, 1.165) is 38.9 Å². The van der Waals surface area contributed by atoms with Gasteiger partial charge in [0.25, 0.3) is 0 Å². The summed E-state index contributed by atoms with van der Waals surface area (Å²) in [6, 6.07) is 52.7. The minimum absolute atomic E-state index is 0.0787. The molecule has 1 aromatic heterocycles. The molecule has 0 spiro atoms. The molecule has 6 aromatic carbocycles. The predicted molar refractivity (Wildman–Crippen MR) is 244 cm³/mol. The molecule has 0 atom stereocenters. The SMILES string of the molecule is O=C(O)CNC(=O)Cc1cc(=O)oc2cc(N(CCSC(c3ccccc3)(c3ccccc3)c3ccccc3)C(=O)CNC(=O)OCC3c4ccccc4-c4ccccc43)ccc12. The van der Waals surface area contributed by atoms with E-state index in [9.17, 15) is 24.0 Å². The lowest BCUT2D eigenvalue weighted by Gasteiger charge is -2.36. The number of amides is 3. The van der Waals surface area contributed by atoms with Crippen molar-refractivity contribution in [2.75, 3.05) is 36.9 Å². The number of nitrogens with zero attached hydrogens (tertiary/aromatic N) is 1. The largest absolute Gasteiger partial charge is 0.480 e. The van der Waals surface area contributed by atoms with Crippen molar-refractivity contribution in [1.29, 1.82) is 0 Å². The molecule has 0 radical (unpaired) electrons. The van der Waals surface area contributed by atoms with Gasteiger partial charge in [-0.05, 0) is 56.6 Å².